The SMILES string of the molecule is O[B]Oc1cccc2c1SCS2. The normalized spacial score (nSPS) is 14.1. The fourth-order valence-electron chi connectivity index (χ4n) is 1.05. The summed E-state index contributed by atoms with van der Waals surface area (Å²) in [5, 5.41) is 9.52. The van der Waals surface area contributed by atoms with E-state index in [0.717, 1.165) is 23.4 Å². The number of rotatable bonds is 2. The van der Waals surface area contributed by atoms with E-state index in [1.165, 1.54) is 4.90 Å². The van der Waals surface area contributed by atoms with Gasteiger partial charge in [0, 0.05) is 9.98 Å². The summed E-state index contributed by atoms with van der Waals surface area (Å²) >= 11 is 3.54. The van der Waals surface area contributed by atoms with Gasteiger partial charge in [-0.2, -0.15) is 0 Å². The molecule has 0 fully saturated rings. The highest BCUT2D eigenvalue weighted by atomic mass is 32.2. The largest absolute Gasteiger partial charge is 0.569 e. The molecular formula is C7H6BO2S2. The third-order valence-electron chi connectivity index (χ3n) is 1.54. The molecule has 1 radical (unpaired) electrons. The van der Waals surface area contributed by atoms with Crippen molar-refractivity contribution < 1.29 is 9.68 Å². The maximum absolute atomic E-state index is 8.49. The van der Waals surface area contributed by atoms with E-state index in [4.69, 9.17) is 9.68 Å². The Balaban J connectivity index is 2.36. The summed E-state index contributed by atoms with van der Waals surface area (Å²) < 4.78 is 4.95. The molecule has 61 valence electrons. The lowest BCUT2D eigenvalue weighted by molar-refractivity contribution is 0.446. The molecule has 1 aromatic rings. The number of fused-ring (bicyclic) bond motifs is 1. The Hall–Kier alpha value is -0.255. The quantitative estimate of drug-likeness (QED) is 0.731. The van der Waals surface area contributed by atoms with E-state index in [9.17, 15) is 0 Å². The Bertz CT molecular complexity index is 293. The molecule has 1 aromatic carbocycles. The molecule has 0 aliphatic carbocycles. The van der Waals surface area contributed by atoms with Crippen molar-refractivity contribution in [1.82, 2.24) is 0 Å². The fourth-order valence-corrected chi connectivity index (χ4v) is 3.50. The average Bonchev–Trinajstić information content (AvgIpc) is 2.53. The average molecular weight is 197 g/mol. The first-order valence-corrected chi connectivity index (χ1v) is 5.40. The predicted molar refractivity (Wildman–Crippen MR) is 51.6 cm³/mol. The highest BCUT2D eigenvalue weighted by molar-refractivity contribution is 8.18. The Morgan fingerprint density at radius 1 is 1.42 bits per heavy atom. The minimum Gasteiger partial charge on any atom is -0.537 e. The van der Waals surface area contributed by atoms with Crippen molar-refractivity contribution in [2.75, 3.05) is 5.08 Å². The van der Waals surface area contributed by atoms with Crippen LogP contribution in [0.2, 0.25) is 0 Å². The molecular weight excluding hydrogens is 191 g/mol. The van der Waals surface area contributed by atoms with Crippen LogP contribution in [0.3, 0.4) is 0 Å². The Kier molecular flexibility index (Phi) is 2.53. The fraction of sp³-hybridized carbons (Fsp3) is 0.143. The summed E-state index contributed by atoms with van der Waals surface area (Å²) in [6.07, 6.45) is 0. The van der Waals surface area contributed by atoms with Gasteiger partial charge in [-0.1, -0.05) is 6.07 Å². The zero-order valence-electron chi connectivity index (χ0n) is 6.19. The van der Waals surface area contributed by atoms with Crippen molar-refractivity contribution in [3.8, 4) is 5.75 Å². The molecule has 0 amide bonds. The number of hydrogen-bond acceptors (Lipinski definition) is 4. The van der Waals surface area contributed by atoms with Gasteiger partial charge in [-0.3, -0.25) is 0 Å². The summed E-state index contributed by atoms with van der Waals surface area (Å²) in [7, 11) is 0.721. The molecule has 1 aliphatic rings. The molecule has 0 aromatic heterocycles. The molecule has 0 unspecified atom stereocenters. The van der Waals surface area contributed by atoms with E-state index in [1.807, 2.05) is 12.1 Å². The third-order valence-corrected chi connectivity index (χ3v) is 3.97. The van der Waals surface area contributed by atoms with Crippen molar-refractivity contribution >= 4 is 31.2 Å². The van der Waals surface area contributed by atoms with E-state index in [-0.39, 0.29) is 0 Å². The molecule has 5 heteroatoms. The first-order valence-electron chi connectivity index (χ1n) is 3.43. The second-order valence-electron chi connectivity index (χ2n) is 2.21. The summed E-state index contributed by atoms with van der Waals surface area (Å²) in [5.41, 5.74) is 0. The minimum absolute atomic E-state index is 0.721. The van der Waals surface area contributed by atoms with Crippen LogP contribution in [0.1, 0.15) is 0 Å². The van der Waals surface area contributed by atoms with Crippen molar-refractivity contribution in [3.05, 3.63) is 18.2 Å². The van der Waals surface area contributed by atoms with Crippen LogP contribution in [0.5, 0.6) is 5.75 Å². The van der Waals surface area contributed by atoms with Crippen molar-refractivity contribution in [3.63, 3.8) is 0 Å². The molecule has 0 atom stereocenters. The van der Waals surface area contributed by atoms with Gasteiger partial charge in [-0.05, 0) is 12.1 Å². The molecule has 0 saturated carbocycles. The van der Waals surface area contributed by atoms with E-state index in [1.54, 1.807) is 23.5 Å². The van der Waals surface area contributed by atoms with Gasteiger partial charge in [0.15, 0.2) is 0 Å². The van der Waals surface area contributed by atoms with Gasteiger partial charge in [0.05, 0.1) is 4.90 Å². The predicted octanol–water partition coefficient (Wildman–Crippen LogP) is 1.75. The molecule has 1 N–H and O–H groups in total. The standard InChI is InChI=1S/C7H6BO2S2/c9-8-10-5-2-1-3-6-7(5)12-4-11-6/h1-3,9H,4H2. The monoisotopic (exact) mass is 197 g/mol. The topological polar surface area (TPSA) is 29.5 Å². The van der Waals surface area contributed by atoms with Crippen LogP contribution in [0.15, 0.2) is 28.0 Å². The van der Waals surface area contributed by atoms with E-state index in [2.05, 4.69) is 6.07 Å². The van der Waals surface area contributed by atoms with Crippen molar-refractivity contribution in [1.29, 1.82) is 0 Å². The Labute approximate surface area is 80.0 Å². The minimum atomic E-state index is 0.721. The van der Waals surface area contributed by atoms with Crippen molar-refractivity contribution in [2.24, 2.45) is 0 Å². The molecule has 0 saturated heterocycles. The highest BCUT2D eigenvalue weighted by Gasteiger charge is 2.16. The van der Waals surface area contributed by atoms with Gasteiger partial charge in [-0.15, -0.1) is 23.5 Å². The van der Waals surface area contributed by atoms with Gasteiger partial charge >= 0.3 is 7.69 Å². The first-order chi connectivity index (χ1) is 5.92. The number of thioether (sulfide) groups is 2. The second-order valence-corrected chi connectivity index (χ2v) is 4.58. The summed E-state index contributed by atoms with van der Waals surface area (Å²) in [6, 6.07) is 5.84. The highest BCUT2D eigenvalue weighted by Crippen LogP contribution is 2.46. The van der Waals surface area contributed by atoms with Gasteiger partial charge in [0.2, 0.25) is 0 Å². The second kappa shape index (κ2) is 3.64. The van der Waals surface area contributed by atoms with Crippen LogP contribution in [-0.4, -0.2) is 17.8 Å². The summed E-state index contributed by atoms with van der Waals surface area (Å²) in [4.78, 5) is 2.37. The van der Waals surface area contributed by atoms with Crippen LogP contribution < -0.4 is 4.65 Å². The zero-order chi connectivity index (χ0) is 8.39. The van der Waals surface area contributed by atoms with E-state index < -0.39 is 0 Å². The van der Waals surface area contributed by atoms with E-state index in [0.29, 0.717) is 0 Å². The van der Waals surface area contributed by atoms with Gasteiger partial charge in [0.1, 0.15) is 5.75 Å². The molecule has 0 spiro atoms. The van der Waals surface area contributed by atoms with Crippen molar-refractivity contribution in [2.45, 2.75) is 9.79 Å². The first kappa shape index (κ1) is 8.35. The van der Waals surface area contributed by atoms with Gasteiger partial charge in [-0.25, -0.2) is 0 Å². The Morgan fingerprint density at radius 2 is 2.33 bits per heavy atom. The summed E-state index contributed by atoms with van der Waals surface area (Å²) in [5.74, 6) is 0.741. The summed E-state index contributed by atoms with van der Waals surface area (Å²) in [6.45, 7) is 0. The lowest BCUT2D eigenvalue weighted by atomic mass is 10.3. The van der Waals surface area contributed by atoms with E-state index >= 15 is 0 Å². The van der Waals surface area contributed by atoms with Crippen LogP contribution in [0.25, 0.3) is 0 Å². The molecule has 1 heterocycles. The zero-order valence-corrected chi connectivity index (χ0v) is 7.82. The van der Waals surface area contributed by atoms with Crippen LogP contribution in [0.4, 0.5) is 0 Å². The Morgan fingerprint density at radius 3 is 3.17 bits per heavy atom. The number of hydrogen-bond donors (Lipinski definition) is 1. The molecule has 1 aliphatic heterocycles. The molecule has 12 heavy (non-hydrogen) atoms. The molecule has 2 nitrogen and oxygen atoms in total. The van der Waals surface area contributed by atoms with Gasteiger partial charge < -0.3 is 9.68 Å². The van der Waals surface area contributed by atoms with Crippen LogP contribution in [-0.2, 0) is 0 Å². The lowest BCUT2D eigenvalue weighted by Crippen LogP contribution is -2.00. The third kappa shape index (κ3) is 1.44. The lowest BCUT2D eigenvalue weighted by Gasteiger charge is -2.05. The maximum atomic E-state index is 8.49. The molecule has 0 bridgehead atoms. The maximum Gasteiger partial charge on any atom is 0.569 e. The number of benzene rings is 1. The van der Waals surface area contributed by atoms with Crippen LogP contribution in [0, 0.1) is 0 Å². The van der Waals surface area contributed by atoms with Crippen LogP contribution >= 0.6 is 23.5 Å². The molecule has 2 rings (SSSR count). The van der Waals surface area contributed by atoms with Gasteiger partial charge in [0.25, 0.3) is 0 Å². The smallest absolute Gasteiger partial charge is 0.537 e.